The van der Waals surface area contributed by atoms with Gasteiger partial charge in [-0.3, -0.25) is 0 Å². The molecule has 1 saturated carbocycles. The maximum Gasteiger partial charge on any atom is 0.0426 e. The van der Waals surface area contributed by atoms with E-state index in [1.165, 1.54) is 51.4 Å². The first-order valence-corrected chi connectivity index (χ1v) is 8.48. The molecule has 2 atom stereocenters. The van der Waals surface area contributed by atoms with E-state index >= 15 is 0 Å². The van der Waals surface area contributed by atoms with Crippen LogP contribution in [0.3, 0.4) is 0 Å². The predicted octanol–water partition coefficient (Wildman–Crippen LogP) is 5.66. The van der Waals surface area contributed by atoms with Crippen molar-refractivity contribution in [3.8, 4) is 0 Å². The summed E-state index contributed by atoms with van der Waals surface area (Å²) in [6.45, 7) is 0. The normalized spacial score (nSPS) is 28.3. The molecule has 0 aromatic heterocycles. The SMILES string of the molecule is BrC1c2ccccc2CCC1CCC1CCCC1. The Labute approximate surface area is 119 Å². The highest BCUT2D eigenvalue weighted by Gasteiger charge is 2.28. The Bertz CT molecular complexity index is 392. The average molecular weight is 307 g/mol. The van der Waals surface area contributed by atoms with E-state index in [2.05, 4.69) is 40.2 Å². The van der Waals surface area contributed by atoms with Crippen molar-refractivity contribution in [2.24, 2.45) is 11.8 Å². The highest BCUT2D eigenvalue weighted by molar-refractivity contribution is 9.09. The van der Waals surface area contributed by atoms with Gasteiger partial charge in [0.2, 0.25) is 0 Å². The number of fused-ring (bicyclic) bond motifs is 1. The molecule has 2 unspecified atom stereocenters. The zero-order valence-corrected chi connectivity index (χ0v) is 12.7. The molecule has 0 amide bonds. The third-order valence-corrected chi connectivity index (χ3v) is 6.21. The van der Waals surface area contributed by atoms with Crippen LogP contribution in [-0.2, 0) is 6.42 Å². The van der Waals surface area contributed by atoms with Gasteiger partial charge < -0.3 is 0 Å². The lowest BCUT2D eigenvalue weighted by Gasteiger charge is -2.30. The molecule has 0 spiro atoms. The minimum atomic E-state index is 0.601. The summed E-state index contributed by atoms with van der Waals surface area (Å²) in [6, 6.07) is 8.98. The van der Waals surface area contributed by atoms with Gasteiger partial charge in [0.25, 0.3) is 0 Å². The second kappa shape index (κ2) is 5.77. The van der Waals surface area contributed by atoms with E-state index in [-0.39, 0.29) is 0 Å². The standard InChI is InChI=1S/C17H23Br/c18-17-15(10-9-13-5-1-2-6-13)12-11-14-7-3-4-8-16(14)17/h3-4,7-8,13,15,17H,1-2,5-6,9-12H2. The van der Waals surface area contributed by atoms with Gasteiger partial charge in [0.15, 0.2) is 0 Å². The second-order valence-electron chi connectivity index (χ2n) is 6.13. The molecule has 1 heteroatoms. The molecule has 1 aromatic rings. The monoisotopic (exact) mass is 306 g/mol. The summed E-state index contributed by atoms with van der Waals surface area (Å²) < 4.78 is 0. The number of hydrogen-bond donors (Lipinski definition) is 0. The van der Waals surface area contributed by atoms with Gasteiger partial charge in [0.1, 0.15) is 0 Å². The number of aryl methyl sites for hydroxylation is 1. The molecule has 0 saturated heterocycles. The molecule has 2 aliphatic carbocycles. The van der Waals surface area contributed by atoms with E-state index < -0.39 is 0 Å². The Kier molecular flexibility index (Phi) is 4.08. The zero-order chi connectivity index (χ0) is 12.4. The molecule has 0 heterocycles. The second-order valence-corrected chi connectivity index (χ2v) is 7.11. The van der Waals surface area contributed by atoms with Gasteiger partial charge in [-0.15, -0.1) is 0 Å². The molecule has 3 rings (SSSR count). The molecule has 0 aliphatic heterocycles. The van der Waals surface area contributed by atoms with Gasteiger partial charge in [-0.05, 0) is 42.2 Å². The Morgan fingerprint density at radius 2 is 1.78 bits per heavy atom. The van der Waals surface area contributed by atoms with Crippen LogP contribution in [0, 0.1) is 11.8 Å². The van der Waals surface area contributed by atoms with Gasteiger partial charge in [0.05, 0.1) is 0 Å². The lowest BCUT2D eigenvalue weighted by molar-refractivity contribution is 0.364. The van der Waals surface area contributed by atoms with Crippen LogP contribution in [0.25, 0.3) is 0 Å². The van der Waals surface area contributed by atoms with E-state index in [9.17, 15) is 0 Å². The highest BCUT2D eigenvalue weighted by Crippen LogP contribution is 2.43. The van der Waals surface area contributed by atoms with Gasteiger partial charge in [0, 0.05) is 4.83 Å². The van der Waals surface area contributed by atoms with Crippen molar-refractivity contribution in [2.45, 2.75) is 56.2 Å². The number of hydrogen-bond acceptors (Lipinski definition) is 0. The van der Waals surface area contributed by atoms with Gasteiger partial charge >= 0.3 is 0 Å². The molecule has 0 nitrogen and oxygen atoms in total. The van der Waals surface area contributed by atoms with Crippen LogP contribution in [0.1, 0.15) is 60.9 Å². The quantitative estimate of drug-likeness (QED) is 0.632. The number of alkyl halides is 1. The van der Waals surface area contributed by atoms with Crippen molar-refractivity contribution in [3.63, 3.8) is 0 Å². The van der Waals surface area contributed by atoms with Crippen LogP contribution in [0.15, 0.2) is 24.3 Å². The van der Waals surface area contributed by atoms with Crippen molar-refractivity contribution >= 4 is 15.9 Å². The molecular formula is C17H23Br. The Balaban J connectivity index is 1.61. The van der Waals surface area contributed by atoms with Crippen molar-refractivity contribution in [2.75, 3.05) is 0 Å². The minimum Gasteiger partial charge on any atom is -0.0836 e. The molecule has 0 radical (unpaired) electrons. The van der Waals surface area contributed by atoms with E-state index in [1.54, 1.807) is 11.1 Å². The maximum absolute atomic E-state index is 3.96. The molecule has 1 fully saturated rings. The van der Waals surface area contributed by atoms with Gasteiger partial charge in [-0.2, -0.15) is 0 Å². The van der Waals surface area contributed by atoms with Gasteiger partial charge in [-0.25, -0.2) is 0 Å². The Morgan fingerprint density at radius 3 is 2.61 bits per heavy atom. The fraction of sp³-hybridized carbons (Fsp3) is 0.647. The minimum absolute atomic E-state index is 0.601. The van der Waals surface area contributed by atoms with Crippen LogP contribution < -0.4 is 0 Å². The first kappa shape index (κ1) is 12.7. The summed E-state index contributed by atoms with van der Waals surface area (Å²) in [4.78, 5) is 0.601. The summed E-state index contributed by atoms with van der Waals surface area (Å²) >= 11 is 3.96. The number of benzene rings is 1. The lowest BCUT2D eigenvalue weighted by atomic mass is 9.80. The zero-order valence-electron chi connectivity index (χ0n) is 11.1. The predicted molar refractivity (Wildman–Crippen MR) is 81.1 cm³/mol. The topological polar surface area (TPSA) is 0 Å². The fourth-order valence-corrected chi connectivity index (χ4v) is 4.79. The number of rotatable bonds is 3. The van der Waals surface area contributed by atoms with E-state index in [0.29, 0.717) is 4.83 Å². The summed E-state index contributed by atoms with van der Waals surface area (Å²) in [5.74, 6) is 1.90. The summed E-state index contributed by atoms with van der Waals surface area (Å²) in [5.41, 5.74) is 3.12. The van der Waals surface area contributed by atoms with Gasteiger partial charge in [-0.1, -0.05) is 72.3 Å². The molecule has 18 heavy (non-hydrogen) atoms. The molecule has 1 aromatic carbocycles. The lowest BCUT2D eigenvalue weighted by Crippen LogP contribution is -2.17. The van der Waals surface area contributed by atoms with Crippen molar-refractivity contribution in [1.29, 1.82) is 0 Å². The fourth-order valence-electron chi connectivity index (χ4n) is 3.81. The highest BCUT2D eigenvalue weighted by atomic mass is 79.9. The smallest absolute Gasteiger partial charge is 0.0426 e. The van der Waals surface area contributed by atoms with Crippen LogP contribution in [0.2, 0.25) is 0 Å². The molecule has 98 valence electrons. The first-order valence-electron chi connectivity index (χ1n) is 7.56. The van der Waals surface area contributed by atoms with Crippen molar-refractivity contribution in [1.82, 2.24) is 0 Å². The van der Waals surface area contributed by atoms with E-state index in [4.69, 9.17) is 0 Å². The van der Waals surface area contributed by atoms with Crippen LogP contribution in [0.4, 0.5) is 0 Å². The molecule has 0 N–H and O–H groups in total. The molecular weight excluding hydrogens is 284 g/mol. The summed E-state index contributed by atoms with van der Waals surface area (Å²) in [7, 11) is 0. The summed E-state index contributed by atoms with van der Waals surface area (Å²) in [6.07, 6.45) is 11.5. The van der Waals surface area contributed by atoms with Crippen LogP contribution in [-0.4, -0.2) is 0 Å². The average Bonchev–Trinajstić information content (AvgIpc) is 2.91. The largest absolute Gasteiger partial charge is 0.0836 e. The third-order valence-electron chi connectivity index (χ3n) is 4.97. The Morgan fingerprint density at radius 1 is 1.00 bits per heavy atom. The first-order chi connectivity index (χ1) is 8.84. The molecule has 2 aliphatic rings. The van der Waals surface area contributed by atoms with E-state index in [0.717, 1.165) is 11.8 Å². The van der Waals surface area contributed by atoms with Crippen molar-refractivity contribution < 1.29 is 0 Å². The summed E-state index contributed by atoms with van der Waals surface area (Å²) in [5, 5.41) is 0. The number of halogens is 1. The van der Waals surface area contributed by atoms with Crippen molar-refractivity contribution in [3.05, 3.63) is 35.4 Å². The van der Waals surface area contributed by atoms with Crippen LogP contribution in [0.5, 0.6) is 0 Å². The third kappa shape index (κ3) is 2.66. The molecule has 0 bridgehead atoms. The van der Waals surface area contributed by atoms with Crippen LogP contribution >= 0.6 is 15.9 Å². The Hall–Kier alpha value is -0.300. The maximum atomic E-state index is 3.96. The van der Waals surface area contributed by atoms with E-state index in [1.807, 2.05) is 0 Å².